The van der Waals surface area contributed by atoms with Crippen molar-refractivity contribution in [1.82, 2.24) is 15.0 Å². The largest absolute Gasteiger partial charge is 0.433 e. The molecule has 2 heterocycles. The predicted molar refractivity (Wildman–Crippen MR) is 72.8 cm³/mol. The predicted octanol–water partition coefficient (Wildman–Crippen LogP) is 4.36. The van der Waals surface area contributed by atoms with E-state index in [0.29, 0.717) is 5.56 Å². The number of fused-ring (bicyclic) bond motifs is 1. The molecule has 0 amide bonds. The van der Waals surface area contributed by atoms with Gasteiger partial charge in [-0.15, -0.1) is 0 Å². The highest BCUT2D eigenvalue weighted by atomic mass is 35.5. The molecule has 0 saturated carbocycles. The van der Waals surface area contributed by atoms with Gasteiger partial charge < -0.3 is 0 Å². The van der Waals surface area contributed by atoms with Crippen LogP contribution in [-0.2, 0) is 6.18 Å². The second kappa shape index (κ2) is 4.96. The van der Waals surface area contributed by atoms with Gasteiger partial charge in [0.15, 0.2) is 0 Å². The maximum atomic E-state index is 12.8. The van der Waals surface area contributed by atoms with Crippen LogP contribution in [0.3, 0.4) is 0 Å². The molecule has 3 rings (SSSR count). The Labute approximate surface area is 122 Å². The number of alkyl halides is 3. The summed E-state index contributed by atoms with van der Waals surface area (Å²) in [5.41, 5.74) is 0.319. The highest BCUT2D eigenvalue weighted by Crippen LogP contribution is 2.31. The monoisotopic (exact) mass is 309 g/mol. The third kappa shape index (κ3) is 2.80. The summed E-state index contributed by atoms with van der Waals surface area (Å²) in [5.74, 6) is 0. The van der Waals surface area contributed by atoms with E-state index in [-0.39, 0.29) is 5.69 Å². The van der Waals surface area contributed by atoms with Gasteiger partial charge in [0.25, 0.3) is 0 Å². The third-order valence-electron chi connectivity index (χ3n) is 2.89. The maximum Gasteiger partial charge on any atom is 0.433 e. The Kier molecular flexibility index (Phi) is 3.25. The van der Waals surface area contributed by atoms with Gasteiger partial charge in [0.1, 0.15) is 5.69 Å². The number of aromatic nitrogens is 3. The smallest absolute Gasteiger partial charge is 0.256 e. The molecule has 0 spiro atoms. The molecule has 7 heteroatoms. The van der Waals surface area contributed by atoms with E-state index < -0.39 is 17.2 Å². The molecule has 21 heavy (non-hydrogen) atoms. The molecule has 1 aromatic carbocycles. The van der Waals surface area contributed by atoms with Crippen molar-refractivity contribution < 1.29 is 13.2 Å². The average molecular weight is 310 g/mol. The standard InChI is InChI=1S/C14H7ClF3N3/c15-13-20-11(7-12(21-13)14(16,17)18)9-3-4-10-8(6-9)2-1-5-19-10/h1-7H. The van der Waals surface area contributed by atoms with E-state index in [9.17, 15) is 13.2 Å². The highest BCUT2D eigenvalue weighted by molar-refractivity contribution is 6.28. The SMILES string of the molecule is FC(F)(F)c1cc(-c2ccc3ncccc3c2)nc(Cl)n1. The van der Waals surface area contributed by atoms with E-state index in [4.69, 9.17) is 11.6 Å². The summed E-state index contributed by atoms with van der Waals surface area (Å²) < 4.78 is 38.3. The van der Waals surface area contributed by atoms with Gasteiger partial charge in [-0.25, -0.2) is 9.97 Å². The fraction of sp³-hybridized carbons (Fsp3) is 0.0714. The Hall–Kier alpha value is -2.21. The minimum atomic E-state index is -4.57. The van der Waals surface area contributed by atoms with Gasteiger partial charge in [0, 0.05) is 17.1 Å². The van der Waals surface area contributed by atoms with Gasteiger partial charge in [0.2, 0.25) is 5.28 Å². The lowest BCUT2D eigenvalue weighted by Gasteiger charge is -2.08. The van der Waals surface area contributed by atoms with Crippen LogP contribution in [0.5, 0.6) is 0 Å². The van der Waals surface area contributed by atoms with Gasteiger partial charge in [0.05, 0.1) is 11.2 Å². The van der Waals surface area contributed by atoms with Gasteiger partial charge in [-0.2, -0.15) is 13.2 Å². The number of hydrogen-bond acceptors (Lipinski definition) is 3. The molecular weight excluding hydrogens is 303 g/mol. The van der Waals surface area contributed by atoms with Crippen LogP contribution in [-0.4, -0.2) is 15.0 Å². The second-order valence-electron chi connectivity index (χ2n) is 4.32. The van der Waals surface area contributed by atoms with Gasteiger partial charge >= 0.3 is 6.18 Å². The van der Waals surface area contributed by atoms with Crippen LogP contribution in [0.4, 0.5) is 13.2 Å². The summed E-state index contributed by atoms with van der Waals surface area (Å²) in [6.07, 6.45) is -2.93. The van der Waals surface area contributed by atoms with E-state index in [1.807, 2.05) is 6.07 Å². The summed E-state index contributed by atoms with van der Waals surface area (Å²) in [6, 6.07) is 9.52. The second-order valence-corrected chi connectivity index (χ2v) is 4.65. The van der Waals surface area contributed by atoms with Crippen molar-refractivity contribution in [2.75, 3.05) is 0 Å². The molecule has 0 unspecified atom stereocenters. The molecule has 0 fully saturated rings. The van der Waals surface area contributed by atoms with Crippen molar-refractivity contribution in [2.24, 2.45) is 0 Å². The van der Waals surface area contributed by atoms with E-state index >= 15 is 0 Å². The fourth-order valence-electron chi connectivity index (χ4n) is 1.95. The lowest BCUT2D eigenvalue weighted by atomic mass is 10.1. The normalized spacial score (nSPS) is 11.8. The molecule has 0 saturated heterocycles. The van der Waals surface area contributed by atoms with Crippen LogP contribution < -0.4 is 0 Å². The summed E-state index contributed by atoms with van der Waals surface area (Å²) >= 11 is 5.59. The van der Waals surface area contributed by atoms with Gasteiger partial charge in [-0.1, -0.05) is 12.1 Å². The minimum absolute atomic E-state index is 0.119. The van der Waals surface area contributed by atoms with E-state index in [0.717, 1.165) is 17.0 Å². The molecule has 0 aliphatic carbocycles. The first-order valence-corrected chi connectivity index (χ1v) is 6.28. The summed E-state index contributed by atoms with van der Waals surface area (Å²) in [4.78, 5) is 11.2. The number of pyridine rings is 1. The van der Waals surface area contributed by atoms with Crippen molar-refractivity contribution in [3.8, 4) is 11.3 Å². The Morgan fingerprint density at radius 3 is 2.57 bits per heavy atom. The van der Waals surface area contributed by atoms with Crippen LogP contribution in [0.15, 0.2) is 42.6 Å². The van der Waals surface area contributed by atoms with E-state index in [1.54, 1.807) is 30.5 Å². The minimum Gasteiger partial charge on any atom is -0.256 e. The number of hydrogen-bond donors (Lipinski definition) is 0. The molecule has 0 atom stereocenters. The van der Waals surface area contributed by atoms with Crippen LogP contribution in [0.1, 0.15) is 5.69 Å². The highest BCUT2D eigenvalue weighted by Gasteiger charge is 2.33. The Morgan fingerprint density at radius 2 is 1.81 bits per heavy atom. The molecule has 3 aromatic rings. The maximum absolute atomic E-state index is 12.8. The van der Waals surface area contributed by atoms with E-state index in [2.05, 4.69) is 15.0 Å². The number of rotatable bonds is 1. The van der Waals surface area contributed by atoms with Crippen LogP contribution >= 0.6 is 11.6 Å². The Bertz CT molecular complexity index is 818. The first-order chi connectivity index (χ1) is 9.93. The Morgan fingerprint density at radius 1 is 1.00 bits per heavy atom. The lowest BCUT2D eigenvalue weighted by molar-refractivity contribution is -0.141. The molecule has 0 N–H and O–H groups in total. The fourth-order valence-corrected chi connectivity index (χ4v) is 2.13. The molecule has 3 nitrogen and oxygen atoms in total. The first kappa shape index (κ1) is 13.8. The van der Waals surface area contributed by atoms with Crippen molar-refractivity contribution in [2.45, 2.75) is 6.18 Å². The zero-order chi connectivity index (χ0) is 15.0. The number of nitrogens with zero attached hydrogens (tertiary/aromatic N) is 3. The summed E-state index contributed by atoms with van der Waals surface area (Å²) in [6.45, 7) is 0. The van der Waals surface area contributed by atoms with Crippen LogP contribution in [0.25, 0.3) is 22.2 Å². The summed E-state index contributed by atoms with van der Waals surface area (Å²) in [7, 11) is 0. The number of benzene rings is 1. The molecular formula is C14H7ClF3N3. The molecule has 0 bridgehead atoms. The third-order valence-corrected chi connectivity index (χ3v) is 3.06. The molecule has 0 aliphatic heterocycles. The molecule has 0 radical (unpaired) electrons. The number of halogens is 4. The van der Waals surface area contributed by atoms with Crippen molar-refractivity contribution in [3.05, 3.63) is 53.6 Å². The van der Waals surface area contributed by atoms with E-state index in [1.165, 1.54) is 0 Å². The van der Waals surface area contributed by atoms with Crippen LogP contribution in [0.2, 0.25) is 5.28 Å². The molecule has 0 aliphatic rings. The zero-order valence-electron chi connectivity index (χ0n) is 10.4. The Balaban J connectivity index is 2.16. The lowest BCUT2D eigenvalue weighted by Crippen LogP contribution is -2.09. The average Bonchev–Trinajstić information content (AvgIpc) is 2.45. The molecule has 106 valence electrons. The zero-order valence-corrected chi connectivity index (χ0v) is 11.2. The first-order valence-electron chi connectivity index (χ1n) is 5.90. The topological polar surface area (TPSA) is 38.7 Å². The van der Waals surface area contributed by atoms with Gasteiger partial charge in [-0.3, -0.25) is 4.98 Å². The summed E-state index contributed by atoms with van der Waals surface area (Å²) in [5, 5.41) is 0.365. The van der Waals surface area contributed by atoms with Crippen molar-refractivity contribution >= 4 is 22.5 Å². The van der Waals surface area contributed by atoms with Gasteiger partial charge in [-0.05, 0) is 35.9 Å². The quantitative estimate of drug-likeness (QED) is 0.627. The molecule has 2 aromatic heterocycles. The van der Waals surface area contributed by atoms with Crippen molar-refractivity contribution in [1.29, 1.82) is 0 Å². The van der Waals surface area contributed by atoms with Crippen molar-refractivity contribution in [3.63, 3.8) is 0 Å². The van der Waals surface area contributed by atoms with Crippen LogP contribution in [0, 0.1) is 0 Å².